The zero-order valence-corrected chi connectivity index (χ0v) is 10.9. The van der Waals surface area contributed by atoms with E-state index in [-0.39, 0.29) is 0 Å². The van der Waals surface area contributed by atoms with Gasteiger partial charge in [-0.25, -0.2) is 4.79 Å². The molecule has 0 aliphatic rings. The molecule has 0 aromatic carbocycles. The summed E-state index contributed by atoms with van der Waals surface area (Å²) in [6.45, 7) is 3.99. The van der Waals surface area contributed by atoms with Crippen LogP contribution in [-0.2, 0) is 0 Å². The van der Waals surface area contributed by atoms with E-state index in [0.717, 1.165) is 16.9 Å². The molecule has 0 unspecified atom stereocenters. The van der Waals surface area contributed by atoms with Crippen molar-refractivity contribution in [3.63, 3.8) is 0 Å². The van der Waals surface area contributed by atoms with Crippen LogP contribution in [0.3, 0.4) is 0 Å². The van der Waals surface area contributed by atoms with Crippen molar-refractivity contribution < 1.29 is 9.90 Å². The monoisotopic (exact) mass is 240 g/mol. The van der Waals surface area contributed by atoms with Gasteiger partial charge in [-0.15, -0.1) is 11.3 Å². The fraction of sp³-hybridized carbons (Fsp3) is 0.500. The van der Waals surface area contributed by atoms with Crippen LogP contribution in [0.15, 0.2) is 6.07 Å². The Labute approximate surface area is 109 Å². The molecule has 0 aliphatic heterocycles. The quantitative estimate of drug-likeness (QED) is 0.817. The number of halogens is 1. The van der Waals surface area contributed by atoms with Crippen LogP contribution >= 0.6 is 22.9 Å². The van der Waals surface area contributed by atoms with E-state index in [9.17, 15) is 4.79 Å². The van der Waals surface area contributed by atoms with Gasteiger partial charge in [-0.05, 0) is 18.6 Å². The van der Waals surface area contributed by atoms with Crippen LogP contribution in [-0.4, -0.2) is 28.8 Å². The van der Waals surface area contributed by atoms with Crippen molar-refractivity contribution in [2.24, 2.45) is 0 Å². The van der Waals surface area contributed by atoms with Gasteiger partial charge >= 0.3 is 48.5 Å². The van der Waals surface area contributed by atoms with E-state index in [1.165, 1.54) is 17.9 Å². The number of carbonyl (C=O) groups is 1. The van der Waals surface area contributed by atoms with Crippen molar-refractivity contribution in [1.29, 1.82) is 0 Å². The number of hydrogen-bond acceptors (Lipinski definition) is 2. The number of unbranched alkanes of at least 4 members (excludes halogenated alkanes) is 1. The predicted octanol–water partition coefficient (Wildman–Crippen LogP) is 3.78. The molecule has 0 fully saturated rings. The summed E-state index contributed by atoms with van der Waals surface area (Å²) in [5.41, 5.74) is 0.823. The van der Waals surface area contributed by atoms with Crippen LogP contribution in [0.5, 0.6) is 0 Å². The van der Waals surface area contributed by atoms with Crippen LogP contribution in [0.4, 0.5) is 0 Å². The molecule has 1 heterocycles. The second kappa shape index (κ2) is 8.24. The van der Waals surface area contributed by atoms with Gasteiger partial charge in [0, 0.05) is 0 Å². The SMILES string of the molecule is Cc1cc(C(=O)O)sc1Cl.[Li][CH2]CCC. The molecular weight excluding hydrogens is 227 g/mol. The second-order valence-corrected chi connectivity index (χ2v) is 4.88. The van der Waals surface area contributed by atoms with E-state index in [1.54, 1.807) is 13.0 Å². The van der Waals surface area contributed by atoms with Crippen molar-refractivity contribution in [2.75, 3.05) is 0 Å². The number of carboxylic acids is 1. The molecular formula is C10H14ClLiO2S. The van der Waals surface area contributed by atoms with Gasteiger partial charge in [0.25, 0.3) is 0 Å². The minimum absolute atomic E-state index is 0.294. The molecule has 1 rings (SSSR count). The third-order valence-corrected chi connectivity index (χ3v) is 3.32. The Balaban J connectivity index is 0.000000336. The van der Waals surface area contributed by atoms with Gasteiger partial charge in [-0.1, -0.05) is 11.6 Å². The van der Waals surface area contributed by atoms with E-state index in [1.807, 2.05) is 0 Å². The summed E-state index contributed by atoms with van der Waals surface area (Å²) in [5, 5.41) is 9.82. The molecule has 5 heteroatoms. The molecule has 0 radical (unpaired) electrons. The molecule has 1 aromatic heterocycles. The van der Waals surface area contributed by atoms with Gasteiger partial charge in [-0.2, -0.15) is 0 Å². The molecule has 0 bridgehead atoms. The molecule has 0 spiro atoms. The molecule has 2 nitrogen and oxygen atoms in total. The first kappa shape index (κ1) is 15.1. The zero-order valence-electron chi connectivity index (χ0n) is 9.34. The Hall–Kier alpha value is 0.0574. The standard InChI is InChI=1S/C6H5ClO2S.C4H9.Li/c1-3-2-4(6(8)9)10-5(3)7;1-3-4-2;/h2H,1H3,(H,8,9);1,3-4H2,2H3;. The van der Waals surface area contributed by atoms with Crippen molar-refractivity contribution in [3.05, 3.63) is 20.8 Å². The molecule has 0 atom stereocenters. The first-order chi connectivity index (χ1) is 7.02. The van der Waals surface area contributed by atoms with E-state index in [2.05, 4.69) is 24.6 Å². The summed E-state index contributed by atoms with van der Waals surface area (Å²) in [5.74, 6) is -0.917. The maximum absolute atomic E-state index is 10.3. The number of thiophene rings is 1. The second-order valence-electron chi connectivity index (χ2n) is 3.23. The van der Waals surface area contributed by atoms with Crippen LogP contribution < -0.4 is 0 Å². The Morgan fingerprint density at radius 2 is 2.27 bits per heavy atom. The third kappa shape index (κ3) is 6.27. The Kier molecular flexibility index (Phi) is 8.27. The van der Waals surface area contributed by atoms with E-state index < -0.39 is 5.97 Å². The molecule has 80 valence electrons. The van der Waals surface area contributed by atoms with Gasteiger partial charge < -0.3 is 5.11 Å². The topological polar surface area (TPSA) is 37.3 Å². The molecule has 0 aliphatic carbocycles. The van der Waals surface area contributed by atoms with Crippen LogP contribution in [0.2, 0.25) is 9.43 Å². The van der Waals surface area contributed by atoms with Gasteiger partial charge in [-0.3, -0.25) is 0 Å². The zero-order chi connectivity index (χ0) is 11.8. The normalized spacial score (nSPS) is 9.40. The fourth-order valence-electron chi connectivity index (χ4n) is 0.919. The Bertz CT molecular complexity index is 291. The van der Waals surface area contributed by atoms with Gasteiger partial charge in [0.05, 0.1) is 4.34 Å². The molecule has 0 amide bonds. The van der Waals surface area contributed by atoms with E-state index >= 15 is 0 Å². The van der Waals surface area contributed by atoms with Crippen molar-refractivity contribution in [2.45, 2.75) is 31.8 Å². The number of aryl methyl sites for hydroxylation is 1. The predicted molar refractivity (Wildman–Crippen MR) is 66.5 cm³/mol. The average Bonchev–Trinajstić information content (AvgIpc) is 2.50. The number of carboxylic acid groups (broad SMARTS) is 1. The summed E-state index contributed by atoms with van der Waals surface area (Å²) in [6, 6.07) is 1.56. The van der Waals surface area contributed by atoms with Crippen molar-refractivity contribution >= 4 is 46.6 Å². The molecule has 0 saturated carbocycles. The molecule has 1 N–H and O–H groups in total. The van der Waals surface area contributed by atoms with Crippen LogP contribution in [0.25, 0.3) is 0 Å². The van der Waals surface area contributed by atoms with Crippen LogP contribution in [0, 0.1) is 6.92 Å². The summed E-state index contributed by atoms with van der Waals surface area (Å²) in [7, 11) is 0. The first-order valence-electron chi connectivity index (χ1n) is 5.02. The van der Waals surface area contributed by atoms with Crippen LogP contribution in [0.1, 0.15) is 35.0 Å². The van der Waals surface area contributed by atoms with E-state index in [0.29, 0.717) is 9.21 Å². The summed E-state index contributed by atoms with van der Waals surface area (Å²) < 4.78 is 0.553. The summed E-state index contributed by atoms with van der Waals surface area (Å²) in [6.07, 6.45) is 2.73. The average molecular weight is 241 g/mol. The third-order valence-electron chi connectivity index (χ3n) is 1.78. The Morgan fingerprint density at radius 1 is 1.67 bits per heavy atom. The van der Waals surface area contributed by atoms with Gasteiger partial charge in [0.2, 0.25) is 0 Å². The van der Waals surface area contributed by atoms with Crippen molar-refractivity contribution in [1.82, 2.24) is 0 Å². The van der Waals surface area contributed by atoms with Crippen molar-refractivity contribution in [3.8, 4) is 0 Å². The number of rotatable bonds is 3. The van der Waals surface area contributed by atoms with Gasteiger partial charge in [0.1, 0.15) is 4.88 Å². The fourth-order valence-corrected chi connectivity index (χ4v) is 1.96. The number of hydrogen-bond donors (Lipinski definition) is 1. The van der Waals surface area contributed by atoms with Gasteiger partial charge in [0.15, 0.2) is 0 Å². The first-order valence-corrected chi connectivity index (χ1v) is 6.21. The summed E-state index contributed by atoms with van der Waals surface area (Å²) >= 11 is 8.93. The molecule has 1 aromatic rings. The number of aromatic carboxylic acids is 1. The molecule has 0 saturated heterocycles. The summed E-state index contributed by atoms with van der Waals surface area (Å²) in [4.78, 5) is 10.6. The molecule has 15 heavy (non-hydrogen) atoms. The Morgan fingerprint density at radius 3 is 2.40 bits per heavy atom. The maximum atomic E-state index is 10.3. The van der Waals surface area contributed by atoms with E-state index in [4.69, 9.17) is 16.7 Å². The minimum atomic E-state index is -0.917.